The summed E-state index contributed by atoms with van der Waals surface area (Å²) >= 11 is 0. The van der Waals surface area contributed by atoms with Gasteiger partial charge in [-0.1, -0.05) is 12.1 Å². The van der Waals surface area contributed by atoms with Crippen LogP contribution in [0.25, 0.3) is 11.0 Å². The van der Waals surface area contributed by atoms with Gasteiger partial charge in [-0.15, -0.1) is 0 Å². The van der Waals surface area contributed by atoms with Crippen molar-refractivity contribution >= 4 is 34.8 Å². The molecule has 4 rings (SSSR count). The molecule has 3 N–H and O–H groups in total. The van der Waals surface area contributed by atoms with Crippen molar-refractivity contribution in [2.24, 2.45) is 0 Å². The summed E-state index contributed by atoms with van der Waals surface area (Å²) in [5.41, 5.74) is 2.05. The van der Waals surface area contributed by atoms with Crippen LogP contribution >= 0.6 is 0 Å². The van der Waals surface area contributed by atoms with Crippen LogP contribution < -0.4 is 10.6 Å². The molecule has 1 aromatic carbocycles. The molecule has 0 radical (unpaired) electrons. The van der Waals surface area contributed by atoms with Gasteiger partial charge in [-0.3, -0.25) is 9.89 Å². The van der Waals surface area contributed by atoms with Crippen molar-refractivity contribution < 1.29 is 4.79 Å². The number of benzene rings is 1. The predicted octanol–water partition coefficient (Wildman–Crippen LogP) is 2.87. The first-order chi connectivity index (χ1) is 11.3. The van der Waals surface area contributed by atoms with E-state index in [0.29, 0.717) is 23.2 Å². The maximum Gasteiger partial charge on any atom is 0.231 e. The molecular formula is C16H16N6O. The molecule has 1 saturated carbocycles. The Morgan fingerprint density at radius 2 is 2.17 bits per heavy atom. The summed E-state index contributed by atoms with van der Waals surface area (Å²) in [5.74, 6) is 1.24. The van der Waals surface area contributed by atoms with Crippen molar-refractivity contribution in [3.63, 3.8) is 0 Å². The normalized spacial score (nSPS) is 14.4. The van der Waals surface area contributed by atoms with Crippen molar-refractivity contribution in [2.45, 2.75) is 25.3 Å². The molecule has 7 heteroatoms. The average Bonchev–Trinajstić information content (AvgIpc) is 2.99. The number of H-pyrrole nitrogens is 1. The predicted molar refractivity (Wildman–Crippen MR) is 88.1 cm³/mol. The van der Waals surface area contributed by atoms with E-state index in [1.54, 1.807) is 18.3 Å². The topological polar surface area (TPSA) is 95.6 Å². The van der Waals surface area contributed by atoms with Crippen molar-refractivity contribution in [1.29, 1.82) is 0 Å². The number of fused-ring (bicyclic) bond motifs is 1. The summed E-state index contributed by atoms with van der Waals surface area (Å²) in [7, 11) is 0. The molecule has 0 aliphatic heterocycles. The minimum atomic E-state index is 0.464. The molecule has 23 heavy (non-hydrogen) atoms. The van der Waals surface area contributed by atoms with Crippen LogP contribution in [0.4, 0.5) is 17.5 Å². The molecule has 7 nitrogen and oxygen atoms in total. The zero-order valence-corrected chi connectivity index (χ0v) is 12.4. The number of aromatic amines is 1. The van der Waals surface area contributed by atoms with E-state index in [9.17, 15) is 4.79 Å². The molecule has 2 aromatic heterocycles. The van der Waals surface area contributed by atoms with E-state index < -0.39 is 0 Å². The third-order valence-corrected chi connectivity index (χ3v) is 4.03. The quantitative estimate of drug-likeness (QED) is 0.627. The third kappa shape index (κ3) is 2.73. The Morgan fingerprint density at radius 1 is 1.26 bits per heavy atom. The molecule has 0 amide bonds. The molecule has 0 saturated heterocycles. The van der Waals surface area contributed by atoms with Gasteiger partial charge in [0.1, 0.15) is 12.1 Å². The Balaban J connectivity index is 1.67. The number of carbonyl (C=O) groups excluding carboxylic acids is 1. The van der Waals surface area contributed by atoms with Gasteiger partial charge < -0.3 is 10.6 Å². The number of hydrogen-bond acceptors (Lipinski definition) is 6. The summed E-state index contributed by atoms with van der Waals surface area (Å²) in [6, 6.07) is 7.66. The molecule has 1 aliphatic carbocycles. The third-order valence-electron chi connectivity index (χ3n) is 4.03. The minimum absolute atomic E-state index is 0.464. The van der Waals surface area contributed by atoms with E-state index in [-0.39, 0.29) is 0 Å². The van der Waals surface area contributed by atoms with E-state index in [0.717, 1.165) is 36.0 Å². The molecule has 1 fully saturated rings. The highest BCUT2D eigenvalue weighted by molar-refractivity contribution is 5.87. The fourth-order valence-corrected chi connectivity index (χ4v) is 2.57. The molecule has 3 aromatic rings. The standard InChI is InChI=1S/C16H16N6O/c23-9-10-3-1-6-12(7-10)19-16-20-14(18-11-4-2-5-11)13-8-17-22-15(13)21-16/h1,3,6-9,11H,2,4-5H2,(H3,17,18,19,20,21,22). The number of aromatic nitrogens is 4. The molecule has 2 heterocycles. The Kier molecular flexibility index (Phi) is 3.38. The largest absolute Gasteiger partial charge is 0.367 e. The summed E-state index contributed by atoms with van der Waals surface area (Å²) in [4.78, 5) is 19.9. The van der Waals surface area contributed by atoms with E-state index in [1.165, 1.54) is 6.42 Å². The molecule has 1 aliphatic rings. The van der Waals surface area contributed by atoms with Gasteiger partial charge in [0.15, 0.2) is 5.65 Å². The van der Waals surface area contributed by atoms with Crippen molar-refractivity contribution in [2.75, 3.05) is 10.6 Å². The summed E-state index contributed by atoms with van der Waals surface area (Å²) in [6.45, 7) is 0. The molecular weight excluding hydrogens is 292 g/mol. The number of nitrogens with zero attached hydrogens (tertiary/aromatic N) is 3. The summed E-state index contributed by atoms with van der Waals surface area (Å²) in [5, 5.41) is 14.4. The molecule has 0 spiro atoms. The fourth-order valence-electron chi connectivity index (χ4n) is 2.57. The smallest absolute Gasteiger partial charge is 0.231 e. The first kappa shape index (κ1) is 13.7. The SMILES string of the molecule is O=Cc1cccc(Nc2nc(NC3CCC3)c3cn[nH]c3n2)c1. The van der Waals surface area contributed by atoms with Crippen molar-refractivity contribution in [1.82, 2.24) is 20.2 Å². The van der Waals surface area contributed by atoms with Gasteiger partial charge in [-0.05, 0) is 31.4 Å². The van der Waals surface area contributed by atoms with Crippen LogP contribution in [0.2, 0.25) is 0 Å². The Hall–Kier alpha value is -2.96. The number of carbonyl (C=O) groups is 1. The molecule has 116 valence electrons. The lowest BCUT2D eigenvalue weighted by Crippen LogP contribution is -2.27. The van der Waals surface area contributed by atoms with Crippen molar-refractivity contribution in [3.8, 4) is 0 Å². The van der Waals surface area contributed by atoms with Crippen LogP contribution in [0, 0.1) is 0 Å². The maximum atomic E-state index is 10.9. The highest BCUT2D eigenvalue weighted by atomic mass is 16.1. The number of anilines is 3. The number of aldehydes is 1. The number of hydrogen-bond donors (Lipinski definition) is 3. The van der Waals surface area contributed by atoms with E-state index in [2.05, 4.69) is 30.8 Å². The van der Waals surface area contributed by atoms with Gasteiger partial charge in [0.25, 0.3) is 0 Å². The van der Waals surface area contributed by atoms with Gasteiger partial charge in [-0.25, -0.2) is 0 Å². The van der Waals surface area contributed by atoms with E-state index >= 15 is 0 Å². The van der Waals surface area contributed by atoms with Gasteiger partial charge in [0, 0.05) is 17.3 Å². The van der Waals surface area contributed by atoms with Crippen LogP contribution in [0.1, 0.15) is 29.6 Å². The van der Waals surface area contributed by atoms with Crippen LogP contribution in [0.5, 0.6) is 0 Å². The Morgan fingerprint density at radius 3 is 2.96 bits per heavy atom. The van der Waals surface area contributed by atoms with E-state index in [1.807, 2.05) is 12.1 Å². The van der Waals surface area contributed by atoms with Crippen molar-refractivity contribution in [3.05, 3.63) is 36.0 Å². The Labute approximate surface area is 132 Å². The second kappa shape index (κ2) is 5.68. The zero-order valence-electron chi connectivity index (χ0n) is 12.4. The van der Waals surface area contributed by atoms with E-state index in [4.69, 9.17) is 0 Å². The summed E-state index contributed by atoms with van der Waals surface area (Å²) in [6.07, 6.45) is 6.11. The Bertz CT molecular complexity index is 855. The van der Waals surface area contributed by atoms with Crippen LogP contribution in [-0.4, -0.2) is 32.5 Å². The highest BCUT2D eigenvalue weighted by Crippen LogP contribution is 2.27. The van der Waals surface area contributed by atoms with Gasteiger partial charge >= 0.3 is 0 Å². The van der Waals surface area contributed by atoms with Crippen LogP contribution in [0.3, 0.4) is 0 Å². The number of rotatable bonds is 5. The molecule has 0 bridgehead atoms. The lowest BCUT2D eigenvalue weighted by molar-refractivity contribution is 0.112. The second-order valence-electron chi connectivity index (χ2n) is 5.67. The van der Waals surface area contributed by atoms with Gasteiger partial charge in [0.2, 0.25) is 5.95 Å². The minimum Gasteiger partial charge on any atom is -0.367 e. The van der Waals surface area contributed by atoms with Gasteiger partial charge in [0.05, 0.1) is 11.6 Å². The first-order valence-electron chi connectivity index (χ1n) is 7.62. The highest BCUT2D eigenvalue weighted by Gasteiger charge is 2.19. The summed E-state index contributed by atoms with van der Waals surface area (Å²) < 4.78 is 0. The molecule has 0 atom stereocenters. The average molecular weight is 308 g/mol. The number of nitrogens with one attached hydrogen (secondary N) is 3. The maximum absolute atomic E-state index is 10.9. The lowest BCUT2D eigenvalue weighted by atomic mass is 9.93. The molecule has 0 unspecified atom stereocenters. The first-order valence-corrected chi connectivity index (χ1v) is 7.62. The fraction of sp³-hybridized carbons (Fsp3) is 0.250. The monoisotopic (exact) mass is 308 g/mol. The van der Waals surface area contributed by atoms with Crippen LogP contribution in [0.15, 0.2) is 30.5 Å². The van der Waals surface area contributed by atoms with Gasteiger partial charge in [-0.2, -0.15) is 15.1 Å². The second-order valence-corrected chi connectivity index (χ2v) is 5.67. The zero-order chi connectivity index (χ0) is 15.6. The lowest BCUT2D eigenvalue weighted by Gasteiger charge is -2.27. The van der Waals surface area contributed by atoms with Crippen LogP contribution in [-0.2, 0) is 0 Å².